The van der Waals surface area contributed by atoms with Crippen LogP contribution in [0.1, 0.15) is 246 Å². The molecule has 2 unspecified atom stereocenters. The van der Waals surface area contributed by atoms with E-state index in [4.69, 9.17) is 0 Å². The molecule has 0 N–H and O–H groups in total. The third-order valence-electron chi connectivity index (χ3n) is 14.8. The highest BCUT2D eigenvalue weighted by Gasteiger charge is 2.50. The summed E-state index contributed by atoms with van der Waals surface area (Å²) in [5, 5.41) is 0. The van der Waals surface area contributed by atoms with Gasteiger partial charge in [-0.2, -0.15) is 0 Å². The molecule has 380 valence electrons. The van der Waals surface area contributed by atoms with E-state index in [0.29, 0.717) is 47.9 Å². The van der Waals surface area contributed by atoms with Crippen molar-refractivity contribution in [3.05, 3.63) is 78.2 Å². The molecule has 0 aliphatic carbocycles. The van der Waals surface area contributed by atoms with Crippen LogP contribution in [-0.2, 0) is 9.59 Å². The Labute approximate surface area is 436 Å². The van der Waals surface area contributed by atoms with Gasteiger partial charge in [0.2, 0.25) is 0 Å². The maximum Gasteiger partial charge on any atom is 0.261 e. The molecule has 4 nitrogen and oxygen atoms in total. The average Bonchev–Trinajstić information content (AvgIpc) is 4.20. The lowest BCUT2D eigenvalue weighted by atomic mass is 9.93. The van der Waals surface area contributed by atoms with Gasteiger partial charge in [0.1, 0.15) is 0 Å². The molecule has 2 amide bonds. The Kier molecular flexibility index (Phi) is 22.4. The lowest BCUT2D eigenvalue weighted by Gasteiger charge is -2.29. The molecule has 0 bridgehead atoms. The van der Waals surface area contributed by atoms with Crippen molar-refractivity contribution in [1.82, 2.24) is 9.80 Å². The van der Waals surface area contributed by atoms with Crippen molar-refractivity contribution in [1.29, 1.82) is 0 Å². The molecule has 4 aromatic heterocycles. The number of thiophene rings is 4. The fraction of sp³-hybridized carbons (Fsp3) is 0.639. The first-order valence-corrected chi connectivity index (χ1v) is 31.2. The minimum absolute atomic E-state index is 0.0396. The molecular weight excluding hydrogens is 921 g/mol. The molecule has 0 fully saturated rings. The zero-order chi connectivity index (χ0) is 49.5. The summed E-state index contributed by atoms with van der Waals surface area (Å²) in [6.45, 7) is 24.1. The first-order valence-electron chi connectivity index (χ1n) is 28.0. The second-order valence-electron chi connectivity index (χ2n) is 21.4. The van der Waals surface area contributed by atoms with Gasteiger partial charge in [0.05, 0.1) is 32.3 Å². The summed E-state index contributed by atoms with van der Waals surface area (Å²) in [5.74, 6) is 1.80. The molecule has 0 spiro atoms. The van der Waals surface area contributed by atoms with Crippen molar-refractivity contribution < 1.29 is 9.59 Å². The first-order chi connectivity index (χ1) is 33.4. The Morgan fingerprint density at radius 2 is 0.710 bits per heavy atom. The van der Waals surface area contributed by atoms with Crippen LogP contribution in [-0.4, -0.2) is 34.7 Å². The Bertz CT molecular complexity index is 2290. The minimum atomic E-state index is 0.0396. The van der Waals surface area contributed by atoms with E-state index in [0.717, 1.165) is 46.8 Å². The largest absolute Gasteiger partial charge is 0.306 e. The van der Waals surface area contributed by atoms with E-state index in [9.17, 15) is 0 Å². The number of fused-ring (bicyclic) bond motifs is 1. The number of unbranched alkanes of at least 4 members (excludes halogenated alkanes) is 15. The molecule has 4 aromatic rings. The van der Waals surface area contributed by atoms with Crippen LogP contribution in [0, 0.1) is 25.7 Å². The summed E-state index contributed by atoms with van der Waals surface area (Å²) in [4.78, 5) is 45.9. The number of nitrogens with zero attached hydrogens (tertiary/aromatic N) is 2. The molecule has 0 radical (unpaired) electrons. The van der Waals surface area contributed by atoms with Gasteiger partial charge in [-0.05, 0) is 111 Å². The molecule has 8 heteroatoms. The van der Waals surface area contributed by atoms with Crippen LogP contribution in [0.15, 0.2) is 47.5 Å². The van der Waals surface area contributed by atoms with Gasteiger partial charge in [-0.15, -0.1) is 45.3 Å². The summed E-state index contributed by atoms with van der Waals surface area (Å²) in [5.41, 5.74) is 5.77. The first kappa shape index (κ1) is 55.5. The monoisotopic (exact) mass is 1010 g/mol. The van der Waals surface area contributed by atoms with Crippen LogP contribution in [0.5, 0.6) is 0 Å². The molecule has 6 rings (SSSR count). The predicted octanol–water partition coefficient (Wildman–Crippen LogP) is 20.2. The summed E-state index contributed by atoms with van der Waals surface area (Å²) < 4.78 is 0. The number of amides is 2. The average molecular weight is 1010 g/mol. The fourth-order valence-electron chi connectivity index (χ4n) is 11.0. The van der Waals surface area contributed by atoms with E-state index in [2.05, 4.69) is 115 Å². The standard InChI is InChI=1S/C61H90N2O2S4/c1-11-15-19-22-24-28-32-46(30-26-18-14-4)40-62-56(50-36-34-48(66-50)52-38-44(9)58(68-52)42(5)6)54-55(60(62)64)57(51-37-35-49(67-51)53-39-45(10)59(69-53)43(7)8)63(61(54)65)41-47(31-27-21-17-13-3)33-29-25-23-20-16-12-2/h34-39,42-43,46-47H,11-33,40-41H2,1-10H3. The molecule has 2 aliphatic heterocycles. The summed E-state index contributed by atoms with van der Waals surface area (Å²) >= 11 is 7.35. The second-order valence-corrected chi connectivity index (χ2v) is 25.8. The lowest BCUT2D eigenvalue weighted by molar-refractivity contribution is -0.124. The van der Waals surface area contributed by atoms with Crippen molar-refractivity contribution in [3.8, 4) is 19.5 Å². The van der Waals surface area contributed by atoms with Gasteiger partial charge < -0.3 is 9.80 Å². The SMILES string of the molecule is CCCCCCCCC(CCCCC)CN1C(=O)C2=C(c3ccc(-c4cc(C)c(C(C)C)s4)s3)N(CC(CCCCCC)CCCCCCCC)C(=O)C2=C1c1ccc(-c2cc(C)c(C(C)C)s2)s1. The Morgan fingerprint density at radius 1 is 0.406 bits per heavy atom. The Balaban J connectivity index is 1.47. The van der Waals surface area contributed by atoms with Crippen LogP contribution >= 0.6 is 45.3 Å². The van der Waals surface area contributed by atoms with E-state index >= 15 is 9.59 Å². The smallest absolute Gasteiger partial charge is 0.261 e. The number of aryl methyl sites for hydroxylation is 2. The molecule has 0 saturated carbocycles. The van der Waals surface area contributed by atoms with Gasteiger partial charge in [0.15, 0.2) is 0 Å². The number of hydrogen-bond acceptors (Lipinski definition) is 6. The van der Waals surface area contributed by atoms with Crippen molar-refractivity contribution in [2.75, 3.05) is 13.1 Å². The van der Waals surface area contributed by atoms with Crippen LogP contribution in [0.4, 0.5) is 0 Å². The quantitative estimate of drug-likeness (QED) is 0.0446. The van der Waals surface area contributed by atoms with Crippen LogP contribution in [0.3, 0.4) is 0 Å². The molecule has 0 aromatic carbocycles. The molecule has 2 aliphatic rings. The highest BCUT2D eigenvalue weighted by Crippen LogP contribution is 2.52. The van der Waals surface area contributed by atoms with E-state index in [1.54, 1.807) is 22.7 Å². The molecule has 6 heterocycles. The van der Waals surface area contributed by atoms with E-state index in [-0.39, 0.29) is 11.8 Å². The van der Waals surface area contributed by atoms with Crippen LogP contribution in [0.25, 0.3) is 30.9 Å². The maximum atomic E-state index is 15.9. The zero-order valence-electron chi connectivity index (χ0n) is 44.8. The van der Waals surface area contributed by atoms with E-state index in [1.165, 1.54) is 162 Å². The van der Waals surface area contributed by atoms with Crippen LogP contribution < -0.4 is 0 Å². The van der Waals surface area contributed by atoms with Gasteiger partial charge in [0, 0.05) is 42.4 Å². The summed E-state index contributed by atoms with van der Waals surface area (Å²) in [7, 11) is 0. The topological polar surface area (TPSA) is 40.6 Å². The number of rotatable bonds is 33. The Hall–Kier alpha value is -2.78. The highest BCUT2D eigenvalue weighted by molar-refractivity contribution is 7.23. The normalized spacial score (nSPS) is 15.1. The molecule has 0 saturated heterocycles. The minimum Gasteiger partial charge on any atom is -0.306 e. The second kappa shape index (κ2) is 27.9. The van der Waals surface area contributed by atoms with Gasteiger partial charge in [-0.3, -0.25) is 9.59 Å². The third-order valence-corrected chi connectivity index (χ3v) is 20.5. The van der Waals surface area contributed by atoms with Gasteiger partial charge in [-0.25, -0.2) is 0 Å². The zero-order valence-corrected chi connectivity index (χ0v) is 48.1. The molecule has 2 atom stereocenters. The van der Waals surface area contributed by atoms with Crippen molar-refractivity contribution >= 4 is 68.6 Å². The van der Waals surface area contributed by atoms with Crippen LogP contribution in [0.2, 0.25) is 0 Å². The van der Waals surface area contributed by atoms with Gasteiger partial charge in [0.25, 0.3) is 11.8 Å². The number of hydrogen-bond donors (Lipinski definition) is 0. The fourth-order valence-corrected chi connectivity index (χ4v) is 15.6. The maximum absolute atomic E-state index is 15.9. The van der Waals surface area contributed by atoms with Gasteiger partial charge in [-0.1, -0.05) is 177 Å². The highest BCUT2D eigenvalue weighted by atomic mass is 32.1. The predicted molar refractivity (Wildman–Crippen MR) is 306 cm³/mol. The van der Waals surface area contributed by atoms with Gasteiger partial charge >= 0.3 is 0 Å². The Morgan fingerprint density at radius 3 is 1.06 bits per heavy atom. The van der Waals surface area contributed by atoms with E-state index < -0.39 is 0 Å². The van der Waals surface area contributed by atoms with Crippen molar-refractivity contribution in [2.24, 2.45) is 11.8 Å². The number of carbonyl (C=O) groups is 2. The van der Waals surface area contributed by atoms with Crippen molar-refractivity contribution in [3.63, 3.8) is 0 Å². The molecule has 69 heavy (non-hydrogen) atoms. The lowest BCUT2D eigenvalue weighted by Crippen LogP contribution is -2.34. The third kappa shape index (κ3) is 14.5. The molecular formula is C61H90N2O2S4. The summed E-state index contributed by atoms with van der Waals surface area (Å²) in [6, 6.07) is 13.7. The van der Waals surface area contributed by atoms with E-state index in [1.807, 2.05) is 22.7 Å². The van der Waals surface area contributed by atoms with Crippen molar-refractivity contribution in [2.45, 2.75) is 229 Å². The number of carbonyl (C=O) groups excluding carboxylic acids is 2. The summed E-state index contributed by atoms with van der Waals surface area (Å²) in [6.07, 6.45) is 28.2.